The van der Waals surface area contributed by atoms with Crippen molar-refractivity contribution in [2.24, 2.45) is 0 Å². The van der Waals surface area contributed by atoms with Crippen LogP contribution in [0.2, 0.25) is 5.02 Å². The molecule has 11 nitrogen and oxygen atoms in total. The number of hydrogen-bond acceptors (Lipinski definition) is 8. The summed E-state index contributed by atoms with van der Waals surface area (Å²) in [5.41, 5.74) is 10.0. The predicted molar refractivity (Wildman–Crippen MR) is 184 cm³/mol. The van der Waals surface area contributed by atoms with Crippen molar-refractivity contribution in [3.05, 3.63) is 89.1 Å². The van der Waals surface area contributed by atoms with E-state index < -0.39 is 0 Å². The minimum Gasteiger partial charge on any atom is -0.492 e. The van der Waals surface area contributed by atoms with Gasteiger partial charge in [0.25, 0.3) is 0 Å². The Kier molecular flexibility index (Phi) is 10.6. The Bertz CT molecular complexity index is 1680. The number of fused-ring (bicyclic) bond motifs is 1. The molecule has 12 heteroatoms. The highest BCUT2D eigenvalue weighted by atomic mass is 35.5. The molecule has 1 aliphatic heterocycles. The molecule has 0 radical (unpaired) electrons. The van der Waals surface area contributed by atoms with Crippen molar-refractivity contribution in [1.82, 2.24) is 14.9 Å². The molecule has 1 aromatic heterocycles. The van der Waals surface area contributed by atoms with Crippen molar-refractivity contribution < 1.29 is 14.3 Å². The van der Waals surface area contributed by atoms with Crippen LogP contribution in [0.3, 0.4) is 0 Å². The number of amides is 3. The number of benzene rings is 3. The van der Waals surface area contributed by atoms with Crippen LogP contribution in [-0.2, 0) is 17.8 Å². The third kappa shape index (κ3) is 8.04. The fraction of sp³-hybridized carbons (Fsp3) is 0.294. The van der Waals surface area contributed by atoms with E-state index in [1.807, 2.05) is 48.5 Å². The van der Waals surface area contributed by atoms with Crippen molar-refractivity contribution in [1.29, 1.82) is 0 Å². The van der Waals surface area contributed by atoms with E-state index in [9.17, 15) is 9.59 Å². The SMILES string of the molecule is CCN(CC)CCOc1ccc(Nc2ncc3c(n2)N(C)C(=O)N(c2cc(NC(=O)CCc4cccc(N)c4)ccc2Cl)C3)cc1. The number of nitrogens with two attached hydrogens (primary N) is 1. The quantitative estimate of drug-likeness (QED) is 0.144. The van der Waals surface area contributed by atoms with Crippen LogP contribution in [-0.4, -0.2) is 60.1 Å². The smallest absolute Gasteiger partial charge is 0.330 e. The molecule has 0 atom stereocenters. The topological polar surface area (TPSA) is 129 Å². The third-order valence-corrected chi connectivity index (χ3v) is 8.12. The van der Waals surface area contributed by atoms with Crippen LogP contribution in [0.25, 0.3) is 0 Å². The van der Waals surface area contributed by atoms with Crippen molar-refractivity contribution in [2.75, 3.05) is 59.5 Å². The van der Waals surface area contributed by atoms with Crippen LogP contribution < -0.4 is 30.9 Å². The maximum absolute atomic E-state index is 13.5. The molecule has 4 aromatic rings. The average molecular weight is 643 g/mol. The summed E-state index contributed by atoms with van der Waals surface area (Å²) in [5, 5.41) is 6.49. The van der Waals surface area contributed by atoms with Crippen LogP contribution in [0, 0.1) is 0 Å². The maximum atomic E-state index is 13.5. The van der Waals surface area contributed by atoms with E-state index in [1.54, 1.807) is 36.3 Å². The summed E-state index contributed by atoms with van der Waals surface area (Å²) in [5.74, 6) is 1.49. The number of aryl methyl sites for hydroxylation is 1. The zero-order valence-electron chi connectivity index (χ0n) is 26.3. The monoisotopic (exact) mass is 642 g/mol. The summed E-state index contributed by atoms with van der Waals surface area (Å²) in [7, 11) is 1.66. The zero-order valence-corrected chi connectivity index (χ0v) is 27.1. The number of nitrogens with one attached hydrogen (secondary N) is 2. The fourth-order valence-corrected chi connectivity index (χ4v) is 5.40. The molecule has 0 aliphatic carbocycles. The molecule has 0 unspecified atom stereocenters. The van der Waals surface area contributed by atoms with Gasteiger partial charge in [0.2, 0.25) is 11.9 Å². The number of carbonyl (C=O) groups is 2. The molecule has 3 amide bonds. The number of halogens is 1. The van der Waals surface area contributed by atoms with E-state index in [2.05, 4.69) is 39.3 Å². The Balaban J connectivity index is 1.22. The first kappa shape index (κ1) is 32.5. The van der Waals surface area contributed by atoms with E-state index in [1.165, 1.54) is 4.90 Å². The molecule has 240 valence electrons. The van der Waals surface area contributed by atoms with E-state index in [0.29, 0.717) is 46.9 Å². The molecular formula is C34H39ClN8O3. The molecule has 4 N–H and O–H groups in total. The molecule has 0 fully saturated rings. The Labute approximate surface area is 274 Å². The van der Waals surface area contributed by atoms with Gasteiger partial charge in [-0.25, -0.2) is 9.78 Å². The standard InChI is InChI=1S/C34H39ClN8O3/c1-4-42(5-2)17-18-46-28-13-10-26(11-14-28)39-33-37-21-24-22-43(34(45)41(3)32(24)40-33)30-20-27(12-15-29(30)35)38-31(44)16-9-23-7-6-8-25(36)19-23/h6-8,10-15,19-21H,4-5,9,16-18,22,36H2,1-3H3,(H,38,44)(H,37,39,40). The second kappa shape index (κ2) is 14.9. The molecule has 46 heavy (non-hydrogen) atoms. The van der Waals surface area contributed by atoms with Crippen molar-refractivity contribution >= 4 is 58.1 Å². The van der Waals surface area contributed by atoms with Gasteiger partial charge in [0.15, 0.2) is 0 Å². The Morgan fingerprint density at radius 3 is 2.57 bits per heavy atom. The summed E-state index contributed by atoms with van der Waals surface area (Å²) < 4.78 is 5.87. The lowest BCUT2D eigenvalue weighted by Gasteiger charge is -2.34. The van der Waals surface area contributed by atoms with Crippen LogP contribution in [0.1, 0.15) is 31.4 Å². The van der Waals surface area contributed by atoms with Gasteiger partial charge in [-0.15, -0.1) is 0 Å². The fourth-order valence-electron chi connectivity index (χ4n) is 5.18. The van der Waals surface area contributed by atoms with Gasteiger partial charge in [0, 0.05) is 48.8 Å². The normalized spacial score (nSPS) is 12.7. The number of nitrogens with zero attached hydrogens (tertiary/aromatic N) is 5. The zero-order chi connectivity index (χ0) is 32.6. The summed E-state index contributed by atoms with van der Waals surface area (Å²) >= 11 is 6.55. The molecule has 5 rings (SSSR count). The highest BCUT2D eigenvalue weighted by molar-refractivity contribution is 6.34. The van der Waals surface area contributed by atoms with Crippen molar-refractivity contribution in [2.45, 2.75) is 33.2 Å². The van der Waals surface area contributed by atoms with Crippen LogP contribution >= 0.6 is 11.6 Å². The van der Waals surface area contributed by atoms with E-state index >= 15 is 0 Å². The summed E-state index contributed by atoms with van der Waals surface area (Å²) in [6.07, 6.45) is 2.53. The molecule has 0 spiro atoms. The van der Waals surface area contributed by atoms with Gasteiger partial charge < -0.3 is 26.0 Å². The summed E-state index contributed by atoms with van der Waals surface area (Å²) in [6.45, 7) is 7.98. The van der Waals surface area contributed by atoms with E-state index in [-0.39, 0.29) is 24.9 Å². The summed E-state index contributed by atoms with van der Waals surface area (Å²) in [6, 6.07) is 19.8. The number of ether oxygens (including phenoxy) is 1. The maximum Gasteiger partial charge on any atom is 0.330 e. The lowest BCUT2D eigenvalue weighted by Crippen LogP contribution is -2.46. The first-order valence-corrected chi connectivity index (χ1v) is 15.7. The molecule has 0 saturated heterocycles. The first-order chi connectivity index (χ1) is 22.2. The van der Waals surface area contributed by atoms with Gasteiger partial charge in [-0.2, -0.15) is 4.98 Å². The lowest BCUT2D eigenvalue weighted by atomic mass is 10.1. The molecular weight excluding hydrogens is 604 g/mol. The van der Waals surface area contributed by atoms with Crippen molar-refractivity contribution in [3.8, 4) is 5.75 Å². The molecule has 3 aromatic carbocycles. The second-order valence-corrected chi connectivity index (χ2v) is 11.4. The largest absolute Gasteiger partial charge is 0.492 e. The highest BCUT2D eigenvalue weighted by Gasteiger charge is 2.32. The lowest BCUT2D eigenvalue weighted by molar-refractivity contribution is -0.116. The summed E-state index contributed by atoms with van der Waals surface area (Å²) in [4.78, 5) is 40.7. The van der Waals surface area contributed by atoms with Gasteiger partial charge in [0.05, 0.1) is 17.3 Å². The number of hydrogen-bond donors (Lipinski definition) is 3. The van der Waals surface area contributed by atoms with Crippen LogP contribution in [0.15, 0.2) is 72.9 Å². The molecule has 0 saturated carbocycles. The molecule has 0 bridgehead atoms. The minimum absolute atomic E-state index is 0.158. The number of urea groups is 1. The number of aromatic nitrogens is 2. The van der Waals surface area contributed by atoms with Crippen LogP contribution in [0.4, 0.5) is 39.3 Å². The number of anilines is 6. The van der Waals surface area contributed by atoms with Gasteiger partial charge in [-0.05, 0) is 79.7 Å². The van der Waals surface area contributed by atoms with Crippen LogP contribution in [0.5, 0.6) is 5.75 Å². The first-order valence-electron chi connectivity index (χ1n) is 15.3. The van der Waals surface area contributed by atoms with Gasteiger partial charge in [-0.3, -0.25) is 14.6 Å². The Hall–Kier alpha value is -4.87. The minimum atomic E-state index is -0.310. The predicted octanol–water partition coefficient (Wildman–Crippen LogP) is 6.32. The molecule has 2 heterocycles. The van der Waals surface area contributed by atoms with Gasteiger partial charge in [0.1, 0.15) is 18.2 Å². The number of rotatable bonds is 13. The van der Waals surface area contributed by atoms with E-state index in [4.69, 9.17) is 22.1 Å². The number of nitrogen functional groups attached to an aromatic ring is 1. The highest BCUT2D eigenvalue weighted by Crippen LogP contribution is 2.35. The third-order valence-electron chi connectivity index (χ3n) is 7.80. The van der Waals surface area contributed by atoms with E-state index in [0.717, 1.165) is 42.2 Å². The number of likely N-dealkylation sites (N-methyl/N-ethyl adjacent to an activating group) is 1. The Morgan fingerprint density at radius 2 is 1.83 bits per heavy atom. The molecule has 1 aliphatic rings. The van der Waals surface area contributed by atoms with Gasteiger partial charge >= 0.3 is 6.03 Å². The second-order valence-electron chi connectivity index (χ2n) is 11.0. The van der Waals surface area contributed by atoms with Crippen molar-refractivity contribution in [3.63, 3.8) is 0 Å². The van der Waals surface area contributed by atoms with Gasteiger partial charge in [-0.1, -0.05) is 37.6 Å². The Morgan fingerprint density at radius 1 is 1.07 bits per heavy atom. The average Bonchev–Trinajstić information content (AvgIpc) is 3.06. The number of carbonyl (C=O) groups excluding carboxylic acids is 2.